The second-order valence-electron chi connectivity index (χ2n) is 6.57. The molecule has 6 nitrogen and oxygen atoms in total. The monoisotopic (exact) mass is 374 g/mol. The maximum absolute atomic E-state index is 12.9. The molecular weight excluding hydrogens is 352 g/mol. The van der Waals surface area contributed by atoms with E-state index >= 15 is 0 Å². The van der Waals surface area contributed by atoms with Gasteiger partial charge in [-0.1, -0.05) is 18.2 Å². The topological polar surface area (TPSA) is 77.9 Å². The molecule has 26 heavy (non-hydrogen) atoms. The van der Waals surface area contributed by atoms with E-state index in [9.17, 15) is 14.4 Å². The van der Waals surface area contributed by atoms with Gasteiger partial charge in [0, 0.05) is 30.8 Å². The Balaban J connectivity index is 1.70. The van der Waals surface area contributed by atoms with Crippen LogP contribution in [0.4, 0.5) is 0 Å². The molecule has 1 aliphatic rings. The first kappa shape index (κ1) is 18.4. The summed E-state index contributed by atoms with van der Waals surface area (Å²) in [6.45, 7) is 2.27. The number of carbonyl (C=O) groups excluding carboxylic acids is 2. The summed E-state index contributed by atoms with van der Waals surface area (Å²) in [5, 5.41) is 10.1. The molecule has 138 valence electrons. The van der Waals surface area contributed by atoms with Crippen molar-refractivity contribution in [1.29, 1.82) is 0 Å². The maximum atomic E-state index is 12.9. The molecule has 1 fully saturated rings. The van der Waals surface area contributed by atoms with Crippen LogP contribution in [0.25, 0.3) is 10.1 Å². The van der Waals surface area contributed by atoms with E-state index in [1.807, 2.05) is 35.2 Å². The lowest BCUT2D eigenvalue weighted by atomic mass is 10.1. The number of hydrogen-bond donors (Lipinski definition) is 1. The van der Waals surface area contributed by atoms with Crippen LogP contribution in [0, 0.1) is 0 Å². The zero-order valence-electron chi connectivity index (χ0n) is 14.7. The van der Waals surface area contributed by atoms with Gasteiger partial charge >= 0.3 is 5.97 Å². The van der Waals surface area contributed by atoms with Gasteiger partial charge in [-0.15, -0.1) is 11.3 Å². The molecule has 0 saturated carbocycles. The molecule has 2 heterocycles. The molecule has 1 aromatic heterocycles. The van der Waals surface area contributed by atoms with Gasteiger partial charge in [-0.3, -0.25) is 14.4 Å². The van der Waals surface area contributed by atoms with Crippen molar-refractivity contribution in [1.82, 2.24) is 9.80 Å². The van der Waals surface area contributed by atoms with Crippen LogP contribution in [0.3, 0.4) is 0 Å². The number of amides is 2. The Morgan fingerprint density at radius 1 is 1.23 bits per heavy atom. The molecule has 0 aliphatic carbocycles. The number of nitrogens with zero attached hydrogens (tertiary/aromatic N) is 2. The lowest BCUT2D eigenvalue weighted by molar-refractivity contribution is -0.145. The number of rotatable bonds is 4. The van der Waals surface area contributed by atoms with Gasteiger partial charge in [0.2, 0.25) is 5.91 Å². The van der Waals surface area contributed by atoms with Gasteiger partial charge in [0.05, 0.1) is 4.88 Å². The van der Waals surface area contributed by atoms with Crippen molar-refractivity contribution >= 4 is 39.2 Å². The number of aliphatic carboxylic acids is 1. The fourth-order valence-corrected chi connectivity index (χ4v) is 4.51. The number of thiophene rings is 1. The summed E-state index contributed by atoms with van der Waals surface area (Å²) in [4.78, 5) is 39.7. The van der Waals surface area contributed by atoms with E-state index in [4.69, 9.17) is 5.11 Å². The number of hydrogen-bond acceptors (Lipinski definition) is 4. The Bertz CT molecular complexity index is 799. The molecule has 2 aromatic rings. The second kappa shape index (κ2) is 7.86. The van der Waals surface area contributed by atoms with Crippen molar-refractivity contribution < 1.29 is 19.5 Å². The molecule has 1 saturated heterocycles. The van der Waals surface area contributed by atoms with Crippen LogP contribution in [0.5, 0.6) is 0 Å². The van der Waals surface area contributed by atoms with Crippen LogP contribution in [0.15, 0.2) is 30.3 Å². The molecule has 1 unspecified atom stereocenters. The Labute approximate surface area is 156 Å². The third-order valence-corrected chi connectivity index (χ3v) is 5.88. The predicted molar refractivity (Wildman–Crippen MR) is 100 cm³/mol. The molecule has 1 N–H and O–H groups in total. The maximum Gasteiger partial charge on any atom is 0.323 e. The molecule has 7 heteroatoms. The number of carboxylic acid groups (broad SMARTS) is 1. The Hall–Kier alpha value is -2.41. The third kappa shape index (κ3) is 4.04. The van der Waals surface area contributed by atoms with Gasteiger partial charge in [0.15, 0.2) is 0 Å². The summed E-state index contributed by atoms with van der Waals surface area (Å²) in [5.41, 5.74) is 0. The average molecular weight is 374 g/mol. The van der Waals surface area contributed by atoms with E-state index < -0.39 is 5.97 Å². The summed E-state index contributed by atoms with van der Waals surface area (Å²) in [6.07, 6.45) is 2.07. The average Bonchev–Trinajstić information content (AvgIpc) is 2.89. The molecule has 0 spiro atoms. The third-order valence-electron chi connectivity index (χ3n) is 4.77. The van der Waals surface area contributed by atoms with E-state index in [0.29, 0.717) is 25.9 Å². The van der Waals surface area contributed by atoms with Crippen LogP contribution in [-0.2, 0) is 9.59 Å². The lowest BCUT2D eigenvalue weighted by Crippen LogP contribution is -2.43. The number of fused-ring (bicyclic) bond motifs is 1. The van der Waals surface area contributed by atoms with E-state index in [1.54, 1.807) is 0 Å². The minimum absolute atomic E-state index is 0.0134. The molecule has 2 amide bonds. The highest BCUT2D eigenvalue weighted by Gasteiger charge is 2.28. The molecule has 0 bridgehead atoms. The first-order chi connectivity index (χ1) is 12.5. The molecule has 1 atom stereocenters. The molecule has 1 aromatic carbocycles. The van der Waals surface area contributed by atoms with Crippen LogP contribution < -0.4 is 0 Å². The van der Waals surface area contributed by atoms with Crippen LogP contribution >= 0.6 is 11.3 Å². The fourth-order valence-electron chi connectivity index (χ4n) is 3.48. The minimum Gasteiger partial charge on any atom is -0.480 e. The van der Waals surface area contributed by atoms with Crippen molar-refractivity contribution in [3.8, 4) is 0 Å². The summed E-state index contributed by atoms with van der Waals surface area (Å²) in [7, 11) is 0. The summed E-state index contributed by atoms with van der Waals surface area (Å²) in [5.74, 6) is -1.23. The number of likely N-dealkylation sites (tertiary alicyclic amines) is 1. The minimum atomic E-state index is -1.01. The Morgan fingerprint density at radius 2 is 2.00 bits per heavy atom. The molecule has 3 rings (SSSR count). The normalized spacial score (nSPS) is 17.7. The smallest absolute Gasteiger partial charge is 0.323 e. The van der Waals surface area contributed by atoms with Gasteiger partial charge in [0.1, 0.15) is 6.54 Å². The molecular formula is C19H22N2O4S. The molecule has 1 aliphatic heterocycles. The standard InChI is InChI=1S/C19H22N2O4S/c1-13(22)21(12-18(23)24)15-6-4-9-20(10-8-15)19(25)17-11-14-5-2-3-7-16(14)26-17/h2-3,5,7,11,15H,4,6,8-10,12H2,1H3,(H,23,24). The first-order valence-electron chi connectivity index (χ1n) is 8.72. The van der Waals surface area contributed by atoms with E-state index in [2.05, 4.69) is 0 Å². The number of carboxylic acids is 1. The SMILES string of the molecule is CC(=O)N(CC(=O)O)C1CCCN(C(=O)c2cc3ccccc3s2)CC1. The lowest BCUT2D eigenvalue weighted by Gasteiger charge is -2.28. The van der Waals surface area contributed by atoms with Gasteiger partial charge in [0.25, 0.3) is 5.91 Å². The van der Waals surface area contributed by atoms with Gasteiger partial charge in [-0.25, -0.2) is 0 Å². The predicted octanol–water partition coefficient (Wildman–Crippen LogP) is 2.83. The van der Waals surface area contributed by atoms with Gasteiger partial charge < -0.3 is 14.9 Å². The Morgan fingerprint density at radius 3 is 2.69 bits per heavy atom. The van der Waals surface area contributed by atoms with Crippen LogP contribution in [0.2, 0.25) is 0 Å². The van der Waals surface area contributed by atoms with Crippen molar-refractivity contribution in [2.75, 3.05) is 19.6 Å². The highest BCUT2D eigenvalue weighted by Crippen LogP contribution is 2.27. The van der Waals surface area contributed by atoms with E-state index in [1.165, 1.54) is 23.2 Å². The Kier molecular flexibility index (Phi) is 5.56. The highest BCUT2D eigenvalue weighted by atomic mass is 32.1. The largest absolute Gasteiger partial charge is 0.480 e. The van der Waals surface area contributed by atoms with Crippen LogP contribution in [-0.4, -0.2) is 58.4 Å². The summed E-state index contributed by atoms with van der Waals surface area (Å²) in [6, 6.07) is 9.71. The van der Waals surface area contributed by atoms with E-state index in [0.717, 1.165) is 21.4 Å². The van der Waals surface area contributed by atoms with Crippen molar-refractivity contribution in [2.24, 2.45) is 0 Å². The first-order valence-corrected chi connectivity index (χ1v) is 9.54. The van der Waals surface area contributed by atoms with E-state index in [-0.39, 0.29) is 24.4 Å². The van der Waals surface area contributed by atoms with Crippen LogP contribution in [0.1, 0.15) is 35.9 Å². The van der Waals surface area contributed by atoms with Gasteiger partial charge in [-0.05, 0) is 36.8 Å². The zero-order chi connectivity index (χ0) is 18.7. The zero-order valence-corrected chi connectivity index (χ0v) is 15.5. The number of benzene rings is 1. The van der Waals surface area contributed by atoms with Crippen molar-refractivity contribution in [3.05, 3.63) is 35.2 Å². The number of carbonyl (C=O) groups is 3. The summed E-state index contributed by atoms with van der Waals surface area (Å²) >= 11 is 1.49. The quantitative estimate of drug-likeness (QED) is 0.893. The van der Waals surface area contributed by atoms with Gasteiger partial charge in [-0.2, -0.15) is 0 Å². The van der Waals surface area contributed by atoms with Crippen molar-refractivity contribution in [2.45, 2.75) is 32.2 Å². The van der Waals surface area contributed by atoms with Crippen molar-refractivity contribution in [3.63, 3.8) is 0 Å². The summed E-state index contributed by atoms with van der Waals surface area (Å²) < 4.78 is 1.09. The second-order valence-corrected chi connectivity index (χ2v) is 7.65. The molecule has 0 radical (unpaired) electrons. The highest BCUT2D eigenvalue weighted by molar-refractivity contribution is 7.20. The fraction of sp³-hybridized carbons (Fsp3) is 0.421.